The molecule has 2 aromatic carbocycles. The summed E-state index contributed by atoms with van der Waals surface area (Å²) in [5, 5.41) is 0. The second-order valence-electron chi connectivity index (χ2n) is 9.05. The van der Waals surface area contributed by atoms with E-state index in [1.165, 1.54) is 0 Å². The van der Waals surface area contributed by atoms with E-state index in [-0.39, 0.29) is 6.42 Å². The molecule has 0 spiro atoms. The largest absolute Gasteiger partial charge is 0.460 e. The van der Waals surface area contributed by atoms with Crippen LogP contribution in [0, 0.1) is 0 Å². The van der Waals surface area contributed by atoms with E-state index in [1.54, 1.807) is 41.5 Å². The van der Waals surface area contributed by atoms with Gasteiger partial charge in [0.1, 0.15) is 11.2 Å². The number of nitrogens with zero attached hydrogens (tertiary/aromatic N) is 1. The normalized spacial score (nSPS) is 12.6. The minimum absolute atomic E-state index is 0.199. The molecule has 2 rings (SSSR count). The molecule has 0 N–H and O–H groups in total. The smallest absolute Gasteiger partial charge is 0.332 e. The molecule has 1 unspecified atom stereocenters. The van der Waals surface area contributed by atoms with Crippen LogP contribution in [-0.4, -0.2) is 34.9 Å². The fourth-order valence-corrected chi connectivity index (χ4v) is 2.76. The summed E-state index contributed by atoms with van der Waals surface area (Å²) in [4.78, 5) is 30.1. The second kappa shape index (κ2) is 9.70. The first-order chi connectivity index (χ1) is 13.9. The van der Waals surface area contributed by atoms with Gasteiger partial charge < -0.3 is 9.47 Å². The Morgan fingerprint density at radius 2 is 1.20 bits per heavy atom. The maximum atomic E-state index is 12.9. The third kappa shape index (κ3) is 7.82. The topological polar surface area (TPSA) is 65.0 Å². The van der Waals surface area contributed by atoms with E-state index in [9.17, 15) is 9.59 Å². The van der Waals surface area contributed by atoms with Crippen LogP contribution in [0.3, 0.4) is 0 Å². The summed E-state index contributed by atoms with van der Waals surface area (Å²) in [6.45, 7) is 10.7. The Kier molecular flexibility index (Phi) is 7.54. The van der Waals surface area contributed by atoms with Crippen LogP contribution in [0.4, 0.5) is 0 Å². The van der Waals surface area contributed by atoms with Crippen molar-refractivity contribution < 1.29 is 19.1 Å². The summed E-state index contributed by atoms with van der Waals surface area (Å²) in [7, 11) is 0. The van der Waals surface area contributed by atoms with Gasteiger partial charge in [0.25, 0.3) is 0 Å². The van der Waals surface area contributed by atoms with Gasteiger partial charge in [0, 0.05) is 11.1 Å². The Balaban J connectivity index is 2.48. The van der Waals surface area contributed by atoms with Crippen LogP contribution in [0.15, 0.2) is 65.7 Å². The van der Waals surface area contributed by atoms with Gasteiger partial charge in [0.05, 0.1) is 12.1 Å². The molecule has 5 nitrogen and oxygen atoms in total. The summed E-state index contributed by atoms with van der Waals surface area (Å²) >= 11 is 0. The van der Waals surface area contributed by atoms with Gasteiger partial charge in [-0.25, -0.2) is 4.79 Å². The monoisotopic (exact) mass is 409 g/mol. The standard InChI is InChI=1S/C25H31NO4/c1-24(2,3)29-21(27)17-20(23(28)30-25(4,5)6)26-22(18-13-9-7-10-14-18)19-15-11-8-12-16-19/h7-16,20H,17H2,1-6H3. The number of esters is 2. The molecule has 0 aliphatic heterocycles. The van der Waals surface area contributed by atoms with Crippen molar-refractivity contribution in [2.45, 2.75) is 65.2 Å². The Morgan fingerprint density at radius 1 is 0.767 bits per heavy atom. The highest BCUT2D eigenvalue weighted by Crippen LogP contribution is 2.18. The molecule has 2 aromatic rings. The Bertz CT molecular complexity index is 833. The van der Waals surface area contributed by atoms with E-state index < -0.39 is 29.2 Å². The highest BCUT2D eigenvalue weighted by molar-refractivity contribution is 6.13. The zero-order valence-corrected chi connectivity index (χ0v) is 18.6. The first kappa shape index (κ1) is 23.3. The van der Waals surface area contributed by atoms with Crippen LogP contribution < -0.4 is 0 Å². The number of benzene rings is 2. The Hall–Kier alpha value is -2.95. The third-order valence-corrected chi connectivity index (χ3v) is 3.84. The van der Waals surface area contributed by atoms with Crippen LogP contribution in [0.5, 0.6) is 0 Å². The molecule has 5 heteroatoms. The van der Waals surface area contributed by atoms with E-state index in [2.05, 4.69) is 0 Å². The Morgan fingerprint density at radius 3 is 1.60 bits per heavy atom. The van der Waals surface area contributed by atoms with E-state index in [0.29, 0.717) is 5.71 Å². The average molecular weight is 410 g/mol. The maximum Gasteiger partial charge on any atom is 0.332 e. The van der Waals surface area contributed by atoms with Crippen molar-refractivity contribution >= 4 is 17.7 Å². The van der Waals surface area contributed by atoms with Gasteiger partial charge in [-0.2, -0.15) is 0 Å². The number of aliphatic imine (C=N–C) groups is 1. The van der Waals surface area contributed by atoms with Crippen molar-refractivity contribution in [1.29, 1.82) is 0 Å². The Labute approximate surface area is 179 Å². The van der Waals surface area contributed by atoms with E-state index in [4.69, 9.17) is 14.5 Å². The summed E-state index contributed by atoms with van der Waals surface area (Å²) in [6.07, 6.45) is -0.199. The number of rotatable bonds is 6. The number of carbonyl (C=O) groups excluding carboxylic acids is 2. The van der Waals surface area contributed by atoms with E-state index >= 15 is 0 Å². The van der Waals surface area contributed by atoms with Gasteiger partial charge in [0.2, 0.25) is 0 Å². The van der Waals surface area contributed by atoms with Crippen LogP contribution in [0.1, 0.15) is 59.1 Å². The lowest BCUT2D eigenvalue weighted by Crippen LogP contribution is -2.35. The summed E-state index contributed by atoms with van der Waals surface area (Å²) in [6, 6.07) is 18.1. The summed E-state index contributed by atoms with van der Waals surface area (Å²) in [5.74, 6) is -1.06. The quantitative estimate of drug-likeness (QED) is 0.499. The van der Waals surface area contributed by atoms with Gasteiger partial charge in [-0.05, 0) is 41.5 Å². The fourth-order valence-electron chi connectivity index (χ4n) is 2.76. The van der Waals surface area contributed by atoms with Gasteiger partial charge in [-0.15, -0.1) is 0 Å². The number of ether oxygens (including phenoxy) is 2. The van der Waals surface area contributed by atoms with E-state index in [1.807, 2.05) is 60.7 Å². The predicted molar refractivity (Wildman–Crippen MR) is 119 cm³/mol. The first-order valence-corrected chi connectivity index (χ1v) is 10.1. The first-order valence-electron chi connectivity index (χ1n) is 10.1. The minimum Gasteiger partial charge on any atom is -0.460 e. The lowest BCUT2D eigenvalue weighted by atomic mass is 10.0. The molecular weight excluding hydrogens is 378 g/mol. The zero-order valence-electron chi connectivity index (χ0n) is 18.6. The van der Waals surface area contributed by atoms with Crippen molar-refractivity contribution in [3.63, 3.8) is 0 Å². The van der Waals surface area contributed by atoms with E-state index in [0.717, 1.165) is 11.1 Å². The lowest BCUT2D eigenvalue weighted by Gasteiger charge is -2.24. The summed E-state index contributed by atoms with van der Waals surface area (Å²) in [5.41, 5.74) is 0.970. The number of hydrogen-bond acceptors (Lipinski definition) is 5. The van der Waals surface area contributed by atoms with Crippen molar-refractivity contribution in [2.24, 2.45) is 4.99 Å². The number of hydrogen-bond donors (Lipinski definition) is 0. The van der Waals surface area contributed by atoms with Gasteiger partial charge >= 0.3 is 11.9 Å². The van der Waals surface area contributed by atoms with Crippen LogP contribution in [0.25, 0.3) is 0 Å². The fraction of sp³-hybridized carbons (Fsp3) is 0.400. The van der Waals surface area contributed by atoms with Crippen LogP contribution in [-0.2, 0) is 19.1 Å². The highest BCUT2D eigenvalue weighted by Gasteiger charge is 2.30. The molecular formula is C25H31NO4. The van der Waals surface area contributed by atoms with Crippen LogP contribution in [0.2, 0.25) is 0 Å². The molecule has 30 heavy (non-hydrogen) atoms. The van der Waals surface area contributed by atoms with Gasteiger partial charge in [-0.3, -0.25) is 9.79 Å². The van der Waals surface area contributed by atoms with Crippen molar-refractivity contribution in [3.8, 4) is 0 Å². The van der Waals surface area contributed by atoms with Gasteiger partial charge in [-0.1, -0.05) is 60.7 Å². The lowest BCUT2D eigenvalue weighted by molar-refractivity contribution is -0.163. The van der Waals surface area contributed by atoms with Crippen molar-refractivity contribution in [1.82, 2.24) is 0 Å². The minimum atomic E-state index is -1.02. The molecule has 160 valence electrons. The molecule has 0 aliphatic carbocycles. The third-order valence-electron chi connectivity index (χ3n) is 3.84. The van der Waals surface area contributed by atoms with Gasteiger partial charge in [0.15, 0.2) is 6.04 Å². The predicted octanol–water partition coefficient (Wildman–Crippen LogP) is 4.97. The molecule has 0 saturated carbocycles. The summed E-state index contributed by atoms with van der Waals surface area (Å²) < 4.78 is 11.0. The maximum absolute atomic E-state index is 12.9. The molecule has 0 radical (unpaired) electrons. The zero-order chi connectivity index (χ0) is 22.4. The number of carbonyl (C=O) groups is 2. The second-order valence-corrected chi connectivity index (χ2v) is 9.05. The molecule has 0 aliphatic rings. The van der Waals surface area contributed by atoms with Crippen molar-refractivity contribution in [3.05, 3.63) is 71.8 Å². The molecule has 0 amide bonds. The van der Waals surface area contributed by atoms with Crippen molar-refractivity contribution in [2.75, 3.05) is 0 Å². The molecule has 1 atom stereocenters. The average Bonchev–Trinajstić information content (AvgIpc) is 2.63. The SMILES string of the molecule is CC(C)(C)OC(=O)CC(N=C(c1ccccc1)c1ccccc1)C(=O)OC(C)(C)C. The molecule has 0 saturated heterocycles. The highest BCUT2D eigenvalue weighted by atomic mass is 16.6. The molecule has 0 heterocycles. The van der Waals surface area contributed by atoms with Crippen LogP contribution >= 0.6 is 0 Å². The molecule has 0 bridgehead atoms. The molecule has 0 fully saturated rings. The molecule has 0 aromatic heterocycles.